The van der Waals surface area contributed by atoms with E-state index in [4.69, 9.17) is 16.7 Å². The van der Waals surface area contributed by atoms with Gasteiger partial charge in [-0.2, -0.15) is 0 Å². The molecule has 2 rings (SSSR count). The molecule has 2 amide bonds. The van der Waals surface area contributed by atoms with Crippen LogP contribution in [-0.2, 0) is 4.79 Å². The number of nitrogens with zero attached hydrogens (tertiary/aromatic N) is 2. The molecule has 1 saturated heterocycles. The van der Waals surface area contributed by atoms with Gasteiger partial charge < -0.3 is 25.5 Å². The topological polar surface area (TPSA) is 84.9 Å². The SMILES string of the molecule is CCN1CCN(c2ccc(Cl)cc2NC(=O)NC(C)(C)CCC(=O)O)CC1. The van der Waals surface area contributed by atoms with Gasteiger partial charge in [0.15, 0.2) is 0 Å². The number of carboxylic acid groups (broad SMARTS) is 1. The molecule has 1 aliphatic heterocycles. The summed E-state index contributed by atoms with van der Waals surface area (Å²) in [6, 6.07) is 5.12. The summed E-state index contributed by atoms with van der Waals surface area (Å²) in [5.41, 5.74) is 0.959. The van der Waals surface area contributed by atoms with Crippen LogP contribution in [0.4, 0.5) is 16.2 Å². The second kappa shape index (κ2) is 9.28. The number of nitrogens with one attached hydrogen (secondary N) is 2. The predicted molar refractivity (Wildman–Crippen MR) is 109 cm³/mol. The summed E-state index contributed by atoms with van der Waals surface area (Å²) < 4.78 is 0. The van der Waals surface area contributed by atoms with Gasteiger partial charge in [-0.05, 0) is 45.0 Å². The third kappa shape index (κ3) is 6.59. The van der Waals surface area contributed by atoms with E-state index in [1.54, 1.807) is 19.9 Å². The molecule has 0 bridgehead atoms. The Morgan fingerprint density at radius 2 is 1.89 bits per heavy atom. The lowest BCUT2D eigenvalue weighted by Gasteiger charge is -2.36. The maximum absolute atomic E-state index is 12.5. The highest BCUT2D eigenvalue weighted by molar-refractivity contribution is 6.31. The van der Waals surface area contributed by atoms with E-state index in [1.165, 1.54) is 0 Å². The van der Waals surface area contributed by atoms with Crippen molar-refractivity contribution in [3.8, 4) is 0 Å². The number of carbonyl (C=O) groups is 2. The Morgan fingerprint density at radius 3 is 2.48 bits per heavy atom. The first kappa shape index (κ1) is 21.3. The molecule has 1 aromatic carbocycles. The number of hydrogen-bond donors (Lipinski definition) is 3. The fraction of sp³-hybridized carbons (Fsp3) is 0.579. The maximum atomic E-state index is 12.5. The van der Waals surface area contributed by atoms with Crippen molar-refractivity contribution in [2.45, 2.75) is 39.2 Å². The standard InChI is InChI=1S/C19H29ClN4O3/c1-4-23-9-11-24(12-10-23)16-6-5-14(20)13-15(16)21-18(27)22-19(2,3)8-7-17(25)26/h5-6,13H,4,7-12H2,1-3H3,(H,25,26)(H2,21,22,27). The minimum absolute atomic E-state index is 0.00258. The monoisotopic (exact) mass is 396 g/mol. The van der Waals surface area contributed by atoms with Crippen LogP contribution in [0.1, 0.15) is 33.6 Å². The first-order valence-corrected chi connectivity index (χ1v) is 9.66. The van der Waals surface area contributed by atoms with E-state index in [0.717, 1.165) is 38.4 Å². The number of benzene rings is 1. The lowest BCUT2D eigenvalue weighted by Crippen LogP contribution is -2.47. The summed E-state index contributed by atoms with van der Waals surface area (Å²) >= 11 is 6.14. The molecule has 8 heteroatoms. The van der Waals surface area contributed by atoms with Gasteiger partial charge in [0.1, 0.15) is 0 Å². The van der Waals surface area contributed by atoms with Gasteiger partial charge in [0.25, 0.3) is 0 Å². The van der Waals surface area contributed by atoms with Crippen molar-refractivity contribution < 1.29 is 14.7 Å². The number of likely N-dealkylation sites (N-methyl/N-ethyl adjacent to an activating group) is 1. The van der Waals surface area contributed by atoms with Crippen LogP contribution in [0.3, 0.4) is 0 Å². The van der Waals surface area contributed by atoms with Gasteiger partial charge in [0.05, 0.1) is 11.4 Å². The smallest absolute Gasteiger partial charge is 0.319 e. The average molecular weight is 397 g/mol. The molecule has 27 heavy (non-hydrogen) atoms. The van der Waals surface area contributed by atoms with Crippen LogP contribution in [0.15, 0.2) is 18.2 Å². The molecule has 0 unspecified atom stereocenters. The minimum atomic E-state index is -0.881. The number of anilines is 2. The molecule has 1 heterocycles. The van der Waals surface area contributed by atoms with Crippen LogP contribution < -0.4 is 15.5 Å². The van der Waals surface area contributed by atoms with E-state index in [0.29, 0.717) is 17.1 Å². The van der Waals surface area contributed by atoms with Crippen LogP contribution in [0.5, 0.6) is 0 Å². The maximum Gasteiger partial charge on any atom is 0.319 e. The molecular formula is C19H29ClN4O3. The highest BCUT2D eigenvalue weighted by atomic mass is 35.5. The molecule has 1 fully saturated rings. The summed E-state index contributed by atoms with van der Waals surface area (Å²) in [6.45, 7) is 10.5. The van der Waals surface area contributed by atoms with Crippen LogP contribution in [0, 0.1) is 0 Å². The summed E-state index contributed by atoms with van der Waals surface area (Å²) in [6.07, 6.45) is 0.342. The second-order valence-electron chi connectivity index (χ2n) is 7.44. The van der Waals surface area contributed by atoms with Gasteiger partial charge in [-0.1, -0.05) is 18.5 Å². The van der Waals surface area contributed by atoms with Crippen LogP contribution in [0.2, 0.25) is 5.02 Å². The quantitative estimate of drug-likeness (QED) is 0.658. The zero-order valence-corrected chi connectivity index (χ0v) is 17.0. The number of hydrogen-bond acceptors (Lipinski definition) is 4. The van der Waals surface area contributed by atoms with E-state index in [2.05, 4.69) is 27.4 Å². The Morgan fingerprint density at radius 1 is 1.22 bits per heavy atom. The number of carbonyl (C=O) groups excluding carboxylic acids is 1. The van der Waals surface area contributed by atoms with E-state index < -0.39 is 11.5 Å². The molecule has 0 radical (unpaired) electrons. The first-order valence-electron chi connectivity index (χ1n) is 9.28. The third-order valence-corrected chi connectivity index (χ3v) is 5.02. The number of amides is 2. The van der Waals surface area contributed by atoms with E-state index in [-0.39, 0.29) is 12.5 Å². The van der Waals surface area contributed by atoms with Gasteiger partial charge in [-0.25, -0.2) is 4.79 Å². The molecule has 1 aromatic rings. The summed E-state index contributed by atoms with van der Waals surface area (Å²) in [5, 5.41) is 15.1. The highest BCUT2D eigenvalue weighted by Crippen LogP contribution is 2.30. The number of halogens is 1. The van der Waals surface area contributed by atoms with Crippen LogP contribution in [0.25, 0.3) is 0 Å². The molecule has 0 spiro atoms. The van der Waals surface area contributed by atoms with Crippen LogP contribution >= 0.6 is 11.6 Å². The number of rotatable bonds is 7. The van der Waals surface area contributed by atoms with Gasteiger partial charge in [-0.15, -0.1) is 0 Å². The van der Waals surface area contributed by atoms with Crippen LogP contribution in [-0.4, -0.2) is 60.3 Å². The number of aliphatic carboxylic acids is 1. The molecule has 150 valence electrons. The number of carboxylic acids is 1. The Balaban J connectivity index is 2.06. The van der Waals surface area contributed by atoms with Crippen molar-refractivity contribution in [2.75, 3.05) is 42.9 Å². The highest BCUT2D eigenvalue weighted by Gasteiger charge is 2.23. The fourth-order valence-corrected chi connectivity index (χ4v) is 3.30. The lowest BCUT2D eigenvalue weighted by molar-refractivity contribution is -0.137. The Labute approximate surface area is 165 Å². The minimum Gasteiger partial charge on any atom is -0.481 e. The number of urea groups is 1. The van der Waals surface area contributed by atoms with Crippen molar-refractivity contribution in [3.05, 3.63) is 23.2 Å². The summed E-state index contributed by atoms with van der Waals surface area (Å²) in [4.78, 5) is 27.9. The second-order valence-corrected chi connectivity index (χ2v) is 7.88. The molecule has 1 aliphatic rings. The Bertz CT molecular complexity index is 673. The van der Waals surface area contributed by atoms with Gasteiger partial charge in [-0.3, -0.25) is 4.79 Å². The van der Waals surface area contributed by atoms with Gasteiger partial charge in [0.2, 0.25) is 0 Å². The zero-order chi connectivity index (χ0) is 20.0. The first-order chi connectivity index (χ1) is 12.7. The molecular weight excluding hydrogens is 368 g/mol. The summed E-state index contributed by atoms with van der Waals surface area (Å²) in [7, 11) is 0. The predicted octanol–water partition coefficient (Wildman–Crippen LogP) is 3.25. The van der Waals surface area contributed by atoms with E-state index in [9.17, 15) is 9.59 Å². The zero-order valence-electron chi connectivity index (χ0n) is 16.2. The van der Waals surface area contributed by atoms with Gasteiger partial charge in [0, 0.05) is 43.2 Å². The van der Waals surface area contributed by atoms with Gasteiger partial charge >= 0.3 is 12.0 Å². The van der Waals surface area contributed by atoms with Crippen molar-refractivity contribution in [2.24, 2.45) is 0 Å². The fourth-order valence-electron chi connectivity index (χ4n) is 3.13. The Kier molecular flexibility index (Phi) is 7.33. The molecule has 0 saturated carbocycles. The Hall–Kier alpha value is -1.99. The number of piperazine rings is 1. The summed E-state index contributed by atoms with van der Waals surface area (Å²) in [5.74, 6) is -0.881. The molecule has 0 aliphatic carbocycles. The van der Waals surface area contributed by atoms with Crippen molar-refractivity contribution in [1.82, 2.24) is 10.2 Å². The average Bonchev–Trinajstić information content (AvgIpc) is 2.60. The van der Waals surface area contributed by atoms with E-state index >= 15 is 0 Å². The molecule has 0 atom stereocenters. The van der Waals surface area contributed by atoms with Crippen molar-refractivity contribution in [3.63, 3.8) is 0 Å². The largest absolute Gasteiger partial charge is 0.481 e. The molecule has 3 N–H and O–H groups in total. The normalized spacial score (nSPS) is 15.5. The third-order valence-electron chi connectivity index (χ3n) is 4.78. The molecule has 7 nitrogen and oxygen atoms in total. The van der Waals surface area contributed by atoms with E-state index in [1.807, 2.05) is 12.1 Å². The molecule has 0 aromatic heterocycles. The van der Waals surface area contributed by atoms with Crippen molar-refractivity contribution >= 4 is 35.0 Å². The van der Waals surface area contributed by atoms with Crippen molar-refractivity contribution in [1.29, 1.82) is 0 Å². The lowest BCUT2D eigenvalue weighted by atomic mass is 9.99.